The fourth-order valence-corrected chi connectivity index (χ4v) is 7.36. The normalized spacial score (nSPS) is 13.2. The topological polar surface area (TPSA) is 111 Å². The van der Waals surface area contributed by atoms with Crippen molar-refractivity contribution in [2.24, 2.45) is 0 Å². The molecule has 0 aromatic rings. The largest absolute Gasteiger partial charge is 0.545 e. The molecule has 0 aliphatic carbocycles. The van der Waals surface area contributed by atoms with Crippen LogP contribution < -0.4 is 5.11 Å². The first-order valence-corrected chi connectivity index (χ1v) is 26.8. The van der Waals surface area contributed by atoms with Crippen molar-refractivity contribution in [3.05, 3.63) is 48.6 Å². The minimum absolute atomic E-state index is 0.144. The molecule has 0 radical (unpaired) electrons. The standard InChI is InChI=1S/C56H101NO8/c1-6-8-10-12-14-16-18-20-22-24-25-26-27-28-29-31-33-35-37-39-41-43-45-47-54(59)65-52(51-64-56(55(60)61)62-49-48-57(3,4)5)50-63-53(58)46-44-42-40-38-36-34-32-30-23-21-19-17-15-13-11-9-7-2/h18,20-21,23-25,27-28,52,56H,6-17,19,22,26,29-51H2,1-5H3/b20-18-,23-21-,25-24-,28-27-. The van der Waals surface area contributed by atoms with Crippen molar-refractivity contribution >= 4 is 17.9 Å². The predicted molar refractivity (Wildman–Crippen MR) is 269 cm³/mol. The Hall–Kier alpha value is -2.75. The van der Waals surface area contributed by atoms with E-state index in [9.17, 15) is 19.5 Å². The van der Waals surface area contributed by atoms with Gasteiger partial charge in [0.25, 0.3) is 0 Å². The summed E-state index contributed by atoms with van der Waals surface area (Å²) in [7, 11) is 5.91. The van der Waals surface area contributed by atoms with E-state index >= 15 is 0 Å². The Morgan fingerprint density at radius 1 is 0.462 bits per heavy atom. The molecule has 0 N–H and O–H groups in total. The van der Waals surface area contributed by atoms with E-state index in [0.29, 0.717) is 17.4 Å². The van der Waals surface area contributed by atoms with Gasteiger partial charge in [-0.1, -0.05) is 191 Å². The monoisotopic (exact) mass is 916 g/mol. The molecule has 378 valence electrons. The van der Waals surface area contributed by atoms with Crippen molar-refractivity contribution in [1.29, 1.82) is 0 Å². The molecule has 9 heteroatoms. The van der Waals surface area contributed by atoms with Crippen LogP contribution in [0.3, 0.4) is 0 Å². The molecule has 2 atom stereocenters. The van der Waals surface area contributed by atoms with Crippen LogP contribution in [0.5, 0.6) is 0 Å². The Labute approximate surface area is 400 Å². The summed E-state index contributed by atoms with van der Waals surface area (Å²) in [6.45, 7) is 4.73. The third-order valence-electron chi connectivity index (χ3n) is 11.5. The van der Waals surface area contributed by atoms with E-state index in [0.717, 1.165) is 70.6 Å². The van der Waals surface area contributed by atoms with Gasteiger partial charge in [0.2, 0.25) is 0 Å². The minimum Gasteiger partial charge on any atom is -0.545 e. The maximum absolute atomic E-state index is 12.8. The van der Waals surface area contributed by atoms with Gasteiger partial charge in [-0.05, 0) is 77.0 Å². The molecule has 0 saturated carbocycles. The number of carboxylic acid groups (broad SMARTS) is 1. The average molecular weight is 916 g/mol. The lowest BCUT2D eigenvalue weighted by Crippen LogP contribution is -2.44. The van der Waals surface area contributed by atoms with Crippen LogP contribution in [0.4, 0.5) is 0 Å². The molecule has 0 aromatic carbocycles. The zero-order valence-corrected chi connectivity index (χ0v) is 42.9. The quantitative estimate of drug-likeness (QED) is 0.0195. The van der Waals surface area contributed by atoms with Gasteiger partial charge in [-0.25, -0.2) is 0 Å². The Balaban J connectivity index is 4.33. The summed E-state index contributed by atoms with van der Waals surface area (Å²) >= 11 is 0. The molecule has 9 nitrogen and oxygen atoms in total. The number of carbonyl (C=O) groups excluding carboxylic acids is 3. The summed E-state index contributed by atoms with van der Waals surface area (Å²) in [5.41, 5.74) is 0. The predicted octanol–water partition coefficient (Wildman–Crippen LogP) is 13.8. The third kappa shape index (κ3) is 49.0. The van der Waals surface area contributed by atoms with Gasteiger partial charge in [-0.3, -0.25) is 9.59 Å². The number of carboxylic acids is 1. The molecule has 0 amide bonds. The number of allylic oxidation sites excluding steroid dienone is 8. The van der Waals surface area contributed by atoms with Gasteiger partial charge in [0, 0.05) is 12.8 Å². The van der Waals surface area contributed by atoms with Gasteiger partial charge in [0.1, 0.15) is 13.2 Å². The molecule has 0 aliphatic rings. The van der Waals surface area contributed by atoms with Gasteiger partial charge in [0.15, 0.2) is 12.4 Å². The minimum atomic E-state index is -1.62. The lowest BCUT2D eigenvalue weighted by Gasteiger charge is -2.26. The maximum atomic E-state index is 12.8. The smallest absolute Gasteiger partial charge is 0.306 e. The number of hydrogen-bond acceptors (Lipinski definition) is 8. The van der Waals surface area contributed by atoms with Crippen molar-refractivity contribution in [2.45, 2.75) is 245 Å². The summed E-state index contributed by atoms with van der Waals surface area (Å²) in [5.74, 6) is -2.29. The number of nitrogens with zero attached hydrogens (tertiary/aromatic N) is 1. The second-order valence-electron chi connectivity index (χ2n) is 19.2. The van der Waals surface area contributed by atoms with Crippen LogP contribution in [0.15, 0.2) is 48.6 Å². The van der Waals surface area contributed by atoms with E-state index in [2.05, 4.69) is 62.5 Å². The number of rotatable bonds is 49. The number of esters is 2. The molecule has 0 heterocycles. The number of unbranched alkanes of at least 4 members (excludes halogenated alkanes) is 26. The van der Waals surface area contributed by atoms with Crippen molar-refractivity contribution in [2.75, 3.05) is 47.5 Å². The van der Waals surface area contributed by atoms with Crippen molar-refractivity contribution < 1.29 is 42.9 Å². The van der Waals surface area contributed by atoms with E-state index in [1.807, 2.05) is 21.1 Å². The van der Waals surface area contributed by atoms with Crippen LogP contribution >= 0.6 is 0 Å². The number of quaternary nitrogens is 1. The third-order valence-corrected chi connectivity index (χ3v) is 11.5. The molecule has 0 bridgehead atoms. The maximum Gasteiger partial charge on any atom is 0.306 e. The summed E-state index contributed by atoms with van der Waals surface area (Å²) in [6.07, 6.45) is 54.3. The van der Waals surface area contributed by atoms with Crippen LogP contribution in [0.1, 0.15) is 232 Å². The lowest BCUT2D eigenvalue weighted by atomic mass is 10.1. The Morgan fingerprint density at radius 3 is 1.25 bits per heavy atom. The molecule has 0 fully saturated rings. The zero-order valence-electron chi connectivity index (χ0n) is 42.9. The highest BCUT2D eigenvalue weighted by atomic mass is 16.7. The van der Waals surface area contributed by atoms with Gasteiger partial charge >= 0.3 is 11.9 Å². The van der Waals surface area contributed by atoms with Crippen LogP contribution in [0.25, 0.3) is 0 Å². The molecule has 2 unspecified atom stereocenters. The number of aliphatic carboxylic acids is 1. The molecule has 0 rings (SSSR count). The van der Waals surface area contributed by atoms with E-state index in [1.165, 1.54) is 128 Å². The SMILES string of the molecule is CCCCCCC/C=C\C/C=C\C/C=C\CCCCCCCCCCC(=O)OC(COC(=O)CCCCCCCCC/C=C\CCCCCCCC)COC(OCC[N+](C)(C)C)C(=O)[O-]. The second-order valence-corrected chi connectivity index (χ2v) is 19.2. The highest BCUT2D eigenvalue weighted by Gasteiger charge is 2.22. The highest BCUT2D eigenvalue weighted by molar-refractivity contribution is 5.70. The number of ether oxygens (including phenoxy) is 4. The van der Waals surface area contributed by atoms with Crippen molar-refractivity contribution in [1.82, 2.24) is 0 Å². The fraction of sp³-hybridized carbons (Fsp3) is 0.804. The van der Waals surface area contributed by atoms with Gasteiger partial charge in [-0.15, -0.1) is 0 Å². The van der Waals surface area contributed by atoms with E-state index in [1.54, 1.807) is 0 Å². The lowest BCUT2D eigenvalue weighted by molar-refractivity contribution is -0.870. The van der Waals surface area contributed by atoms with Gasteiger partial charge in [0.05, 0.1) is 40.3 Å². The van der Waals surface area contributed by atoms with Gasteiger partial charge in [-0.2, -0.15) is 0 Å². The fourth-order valence-electron chi connectivity index (χ4n) is 7.36. The van der Waals surface area contributed by atoms with E-state index in [-0.39, 0.29) is 38.6 Å². The summed E-state index contributed by atoms with van der Waals surface area (Å²) in [5, 5.41) is 11.7. The molecular formula is C56H101NO8. The summed E-state index contributed by atoms with van der Waals surface area (Å²) < 4.78 is 22.6. The van der Waals surface area contributed by atoms with Crippen molar-refractivity contribution in [3.63, 3.8) is 0 Å². The van der Waals surface area contributed by atoms with Crippen LogP contribution in [-0.4, -0.2) is 82.3 Å². The Morgan fingerprint density at radius 2 is 0.831 bits per heavy atom. The molecule has 0 aliphatic heterocycles. The average Bonchev–Trinajstić information content (AvgIpc) is 3.27. The van der Waals surface area contributed by atoms with Crippen LogP contribution in [0, 0.1) is 0 Å². The molecular weight excluding hydrogens is 815 g/mol. The molecule has 0 spiro atoms. The number of carbonyl (C=O) groups is 3. The first kappa shape index (κ1) is 62.2. The second kappa shape index (κ2) is 47.7. The highest BCUT2D eigenvalue weighted by Crippen LogP contribution is 2.15. The van der Waals surface area contributed by atoms with E-state index in [4.69, 9.17) is 18.9 Å². The number of hydrogen-bond donors (Lipinski definition) is 0. The first-order valence-electron chi connectivity index (χ1n) is 26.8. The zero-order chi connectivity index (χ0) is 47.7. The first-order chi connectivity index (χ1) is 31.6. The molecule has 0 aromatic heterocycles. The molecule has 65 heavy (non-hydrogen) atoms. The summed E-state index contributed by atoms with van der Waals surface area (Å²) in [4.78, 5) is 37.2. The van der Waals surface area contributed by atoms with Crippen LogP contribution in [0.2, 0.25) is 0 Å². The Kier molecular flexibility index (Phi) is 45.7. The number of likely N-dealkylation sites (N-methyl/N-ethyl adjacent to an activating group) is 1. The van der Waals surface area contributed by atoms with Gasteiger partial charge < -0.3 is 33.3 Å². The summed E-state index contributed by atoms with van der Waals surface area (Å²) in [6, 6.07) is 0. The Bertz CT molecular complexity index is 1210. The van der Waals surface area contributed by atoms with Crippen molar-refractivity contribution in [3.8, 4) is 0 Å². The van der Waals surface area contributed by atoms with E-state index < -0.39 is 24.3 Å². The van der Waals surface area contributed by atoms with Crippen LogP contribution in [-0.2, 0) is 33.3 Å². The molecule has 0 saturated heterocycles.